The lowest BCUT2D eigenvalue weighted by atomic mass is 10.1. The Balaban J connectivity index is 4.51. The van der Waals surface area contributed by atoms with Crippen molar-refractivity contribution >= 4 is 23.7 Å². The first-order chi connectivity index (χ1) is 14.4. The quantitative estimate of drug-likeness (QED) is 0.143. The van der Waals surface area contributed by atoms with Crippen LogP contribution in [0.4, 0.5) is 0 Å². The zero-order valence-electron chi connectivity index (χ0n) is 17.9. The third kappa shape index (κ3) is 17.1. The van der Waals surface area contributed by atoms with Crippen molar-refractivity contribution in [3.63, 3.8) is 0 Å². The number of hydrogen-bond donors (Lipinski definition) is 4. The van der Waals surface area contributed by atoms with Gasteiger partial charge in [0.1, 0.15) is 6.04 Å². The number of aliphatic hydroxyl groups excluding tert-OH is 1. The van der Waals surface area contributed by atoms with Gasteiger partial charge in [0, 0.05) is 17.4 Å². The third-order valence-corrected chi connectivity index (χ3v) is 5.65. The first kappa shape index (κ1) is 28.2. The highest BCUT2D eigenvalue weighted by Gasteiger charge is 2.20. The number of hydrogen-bond acceptors (Lipinski definition) is 5. The molecule has 3 atom stereocenters. The van der Waals surface area contributed by atoms with Gasteiger partial charge >= 0.3 is 11.9 Å². The van der Waals surface area contributed by atoms with Gasteiger partial charge in [-0.1, -0.05) is 68.4 Å². The van der Waals surface area contributed by atoms with Crippen molar-refractivity contribution in [3.05, 3.63) is 48.6 Å². The van der Waals surface area contributed by atoms with E-state index in [9.17, 15) is 14.7 Å². The van der Waals surface area contributed by atoms with Gasteiger partial charge in [0.15, 0.2) is 0 Å². The Labute approximate surface area is 184 Å². The predicted molar refractivity (Wildman–Crippen MR) is 125 cm³/mol. The summed E-state index contributed by atoms with van der Waals surface area (Å²) in [6.07, 6.45) is 21.3. The van der Waals surface area contributed by atoms with E-state index in [1.54, 1.807) is 12.2 Å². The van der Waals surface area contributed by atoms with Crippen molar-refractivity contribution in [1.29, 1.82) is 0 Å². The fourth-order valence-electron chi connectivity index (χ4n) is 2.47. The minimum absolute atomic E-state index is 0.00938. The molecular formula is C23H37NO5S. The van der Waals surface area contributed by atoms with Crippen LogP contribution < -0.4 is 5.73 Å². The van der Waals surface area contributed by atoms with Crippen LogP contribution in [0.5, 0.6) is 0 Å². The van der Waals surface area contributed by atoms with E-state index in [2.05, 4.69) is 25.2 Å². The van der Waals surface area contributed by atoms with Crippen LogP contribution in [0.15, 0.2) is 48.6 Å². The summed E-state index contributed by atoms with van der Waals surface area (Å²) in [6, 6.07) is -1.01. The second-order valence-corrected chi connectivity index (χ2v) is 8.21. The van der Waals surface area contributed by atoms with Crippen LogP contribution in [0, 0.1) is 0 Å². The van der Waals surface area contributed by atoms with Crippen LogP contribution >= 0.6 is 11.8 Å². The van der Waals surface area contributed by atoms with Crippen molar-refractivity contribution < 1.29 is 24.9 Å². The average molecular weight is 440 g/mol. The lowest BCUT2D eigenvalue weighted by Crippen LogP contribution is -2.34. The number of aliphatic carboxylic acids is 2. The third-order valence-electron chi connectivity index (χ3n) is 4.24. The lowest BCUT2D eigenvalue weighted by molar-refractivity contribution is -0.138. The molecule has 5 N–H and O–H groups in total. The Hall–Kier alpha value is -1.83. The van der Waals surface area contributed by atoms with E-state index in [0.29, 0.717) is 12.8 Å². The highest BCUT2D eigenvalue weighted by atomic mass is 32.2. The smallest absolute Gasteiger partial charge is 0.321 e. The molecule has 0 aliphatic heterocycles. The van der Waals surface area contributed by atoms with Gasteiger partial charge < -0.3 is 21.1 Å². The highest BCUT2D eigenvalue weighted by Crippen LogP contribution is 2.21. The normalized spacial score (nSPS) is 15.4. The minimum atomic E-state index is -1.09. The van der Waals surface area contributed by atoms with Crippen molar-refractivity contribution in [2.45, 2.75) is 75.7 Å². The zero-order chi connectivity index (χ0) is 22.6. The standard InChI is InChI=1S/C23H37NO5S/c1-2-3-4-5-6-7-8-9-10-11-12-13-16-21(30-18-19(24)23(28)29)20(25)15-14-17-22(26)27/h6-7,9-13,16,19-21,25H,2-5,8,14-15,17-18,24H2,1H3,(H,26,27)(H,28,29)/t19-,20+,21-/m0/s1. The monoisotopic (exact) mass is 439 g/mol. The summed E-state index contributed by atoms with van der Waals surface area (Å²) in [5.41, 5.74) is 5.54. The lowest BCUT2D eigenvalue weighted by Gasteiger charge is -2.20. The molecule has 0 rings (SSSR count). The van der Waals surface area contributed by atoms with Gasteiger partial charge in [0.05, 0.1) is 6.10 Å². The molecule has 7 heteroatoms. The number of thioether (sulfide) groups is 1. The maximum absolute atomic E-state index is 10.9. The molecule has 0 heterocycles. The van der Waals surface area contributed by atoms with Crippen LogP contribution in [0.1, 0.15) is 58.3 Å². The molecule has 0 aromatic heterocycles. The highest BCUT2D eigenvalue weighted by molar-refractivity contribution is 8.00. The Kier molecular flexibility index (Phi) is 18.0. The minimum Gasteiger partial charge on any atom is -0.481 e. The molecule has 0 unspecified atom stereocenters. The maximum atomic E-state index is 10.9. The van der Waals surface area contributed by atoms with Gasteiger partial charge in [-0.05, 0) is 32.1 Å². The number of nitrogens with two attached hydrogens (primary N) is 1. The first-order valence-corrected chi connectivity index (χ1v) is 11.6. The molecule has 30 heavy (non-hydrogen) atoms. The van der Waals surface area contributed by atoms with E-state index in [-0.39, 0.29) is 17.4 Å². The van der Waals surface area contributed by atoms with Crippen LogP contribution in [-0.2, 0) is 9.59 Å². The fraction of sp³-hybridized carbons (Fsp3) is 0.565. The Morgan fingerprint density at radius 2 is 1.73 bits per heavy atom. The Morgan fingerprint density at radius 1 is 1.00 bits per heavy atom. The van der Waals surface area contributed by atoms with E-state index in [1.807, 2.05) is 18.2 Å². The van der Waals surface area contributed by atoms with Gasteiger partial charge in [0.25, 0.3) is 0 Å². The van der Waals surface area contributed by atoms with E-state index in [0.717, 1.165) is 12.8 Å². The van der Waals surface area contributed by atoms with Gasteiger partial charge in [-0.15, -0.1) is 11.8 Å². The topological polar surface area (TPSA) is 121 Å². The number of allylic oxidation sites excluding steroid dienone is 7. The number of carbonyl (C=O) groups is 2. The van der Waals surface area contributed by atoms with E-state index in [1.165, 1.54) is 31.0 Å². The van der Waals surface area contributed by atoms with Crippen molar-refractivity contribution in [3.8, 4) is 0 Å². The molecule has 0 aromatic rings. The number of carboxylic acids is 2. The molecule has 0 amide bonds. The largest absolute Gasteiger partial charge is 0.481 e. The van der Waals surface area contributed by atoms with Crippen LogP contribution in [0.2, 0.25) is 0 Å². The molecule has 0 spiro atoms. The Bertz CT molecular complexity index is 586. The van der Waals surface area contributed by atoms with E-state index >= 15 is 0 Å². The zero-order valence-corrected chi connectivity index (χ0v) is 18.7. The second kappa shape index (κ2) is 19.2. The predicted octanol–water partition coefficient (Wildman–Crippen LogP) is 4.31. The van der Waals surface area contributed by atoms with Crippen molar-refractivity contribution in [2.75, 3.05) is 5.75 Å². The number of unbranched alkanes of at least 4 members (excludes halogenated alkanes) is 3. The molecule has 0 radical (unpaired) electrons. The number of rotatable bonds is 18. The van der Waals surface area contributed by atoms with Crippen molar-refractivity contribution in [1.82, 2.24) is 0 Å². The van der Waals surface area contributed by atoms with E-state index in [4.69, 9.17) is 15.9 Å². The molecule has 0 fully saturated rings. The molecular weight excluding hydrogens is 402 g/mol. The van der Waals surface area contributed by atoms with Gasteiger partial charge in [-0.2, -0.15) is 0 Å². The SMILES string of the molecule is CCCCCC=CCC=CC=CC=C[C@H](SC[C@H](N)C(=O)O)[C@H](O)CCCC(=O)O. The van der Waals surface area contributed by atoms with Gasteiger partial charge in [0.2, 0.25) is 0 Å². The summed E-state index contributed by atoms with van der Waals surface area (Å²) in [7, 11) is 0. The molecule has 0 aliphatic carbocycles. The fourth-order valence-corrected chi connectivity index (χ4v) is 3.60. The second-order valence-electron chi connectivity index (χ2n) is 7.00. The van der Waals surface area contributed by atoms with Gasteiger partial charge in [-0.25, -0.2) is 0 Å². The molecule has 0 saturated carbocycles. The van der Waals surface area contributed by atoms with Crippen LogP contribution in [0.3, 0.4) is 0 Å². The number of aliphatic hydroxyl groups is 1. The van der Waals surface area contributed by atoms with E-state index < -0.39 is 24.1 Å². The number of carboxylic acid groups (broad SMARTS) is 2. The molecule has 6 nitrogen and oxygen atoms in total. The van der Waals surface area contributed by atoms with Crippen molar-refractivity contribution in [2.24, 2.45) is 5.73 Å². The van der Waals surface area contributed by atoms with Crippen LogP contribution in [-0.4, -0.2) is 50.4 Å². The molecule has 170 valence electrons. The molecule has 0 aromatic carbocycles. The van der Waals surface area contributed by atoms with Crippen LogP contribution in [0.25, 0.3) is 0 Å². The van der Waals surface area contributed by atoms with Gasteiger partial charge in [-0.3, -0.25) is 9.59 Å². The molecule has 0 saturated heterocycles. The molecule has 0 bridgehead atoms. The average Bonchev–Trinajstić information content (AvgIpc) is 2.70. The first-order valence-electron chi connectivity index (χ1n) is 10.5. The summed E-state index contributed by atoms with van der Waals surface area (Å²) >= 11 is 1.26. The summed E-state index contributed by atoms with van der Waals surface area (Å²) in [5.74, 6) is -1.83. The summed E-state index contributed by atoms with van der Waals surface area (Å²) in [5, 5.41) is 27.6. The summed E-state index contributed by atoms with van der Waals surface area (Å²) < 4.78 is 0. The maximum Gasteiger partial charge on any atom is 0.321 e. The molecule has 0 aliphatic rings. The summed E-state index contributed by atoms with van der Waals surface area (Å²) in [6.45, 7) is 2.19. The summed E-state index contributed by atoms with van der Waals surface area (Å²) in [4.78, 5) is 21.5. The Morgan fingerprint density at radius 3 is 2.40 bits per heavy atom.